The molecule has 2 amide bonds. The Morgan fingerprint density at radius 2 is 1.87 bits per heavy atom. The lowest BCUT2D eigenvalue weighted by molar-refractivity contribution is -0.117. The number of benzene rings is 2. The summed E-state index contributed by atoms with van der Waals surface area (Å²) in [5.41, 5.74) is 2.47. The zero-order valence-corrected chi connectivity index (χ0v) is 17.5. The van der Waals surface area contributed by atoms with E-state index in [9.17, 15) is 9.59 Å². The van der Waals surface area contributed by atoms with Crippen LogP contribution in [0.4, 0.5) is 5.69 Å². The molecule has 2 saturated heterocycles. The van der Waals surface area contributed by atoms with Crippen LogP contribution in [0.5, 0.6) is 5.75 Å². The van der Waals surface area contributed by atoms with Crippen LogP contribution in [0, 0.1) is 0 Å². The van der Waals surface area contributed by atoms with Crippen LogP contribution >= 0.6 is 0 Å². The van der Waals surface area contributed by atoms with E-state index in [0.717, 1.165) is 43.1 Å². The molecular formula is C24H29N3O3. The predicted octanol–water partition coefficient (Wildman–Crippen LogP) is 3.39. The summed E-state index contributed by atoms with van der Waals surface area (Å²) < 4.78 is 5.58. The Morgan fingerprint density at radius 1 is 1.07 bits per heavy atom. The molecule has 0 bridgehead atoms. The zero-order chi connectivity index (χ0) is 20.9. The highest BCUT2D eigenvalue weighted by atomic mass is 16.5. The van der Waals surface area contributed by atoms with Crippen molar-refractivity contribution in [2.75, 3.05) is 38.2 Å². The standard InChI is InChI=1S/C24H29N3O3/c1-30-22-11-3-2-10-20(22)21(26-13-4-5-14-26)17-25-24(29)18-8-6-9-19(16-18)27-15-7-12-23(27)28/h2-3,6,8-11,16,21H,4-5,7,12-15,17H2,1H3,(H,25,29)/t21-/m0/s1. The van der Waals surface area contributed by atoms with Gasteiger partial charge in [0.25, 0.3) is 5.91 Å². The first-order valence-electron chi connectivity index (χ1n) is 10.7. The third-order valence-electron chi connectivity index (χ3n) is 6.03. The van der Waals surface area contributed by atoms with Crippen LogP contribution in [0.15, 0.2) is 48.5 Å². The molecule has 2 aliphatic heterocycles. The second-order valence-electron chi connectivity index (χ2n) is 7.91. The average molecular weight is 408 g/mol. The molecule has 6 nitrogen and oxygen atoms in total. The van der Waals surface area contributed by atoms with Crippen molar-refractivity contribution in [2.24, 2.45) is 0 Å². The summed E-state index contributed by atoms with van der Waals surface area (Å²) in [5, 5.41) is 3.12. The van der Waals surface area contributed by atoms with Crippen LogP contribution in [-0.4, -0.2) is 50.0 Å². The monoisotopic (exact) mass is 407 g/mol. The Balaban J connectivity index is 1.50. The average Bonchev–Trinajstić information content (AvgIpc) is 3.46. The van der Waals surface area contributed by atoms with Crippen molar-refractivity contribution in [1.29, 1.82) is 0 Å². The van der Waals surface area contributed by atoms with E-state index in [-0.39, 0.29) is 17.9 Å². The van der Waals surface area contributed by atoms with E-state index >= 15 is 0 Å². The second-order valence-corrected chi connectivity index (χ2v) is 7.91. The van der Waals surface area contributed by atoms with E-state index in [2.05, 4.69) is 16.3 Å². The second kappa shape index (κ2) is 9.30. The summed E-state index contributed by atoms with van der Waals surface area (Å²) in [6.07, 6.45) is 3.79. The number of ether oxygens (including phenoxy) is 1. The van der Waals surface area contributed by atoms with Crippen molar-refractivity contribution >= 4 is 17.5 Å². The lowest BCUT2D eigenvalue weighted by atomic mass is 10.0. The van der Waals surface area contributed by atoms with Crippen LogP contribution in [0.25, 0.3) is 0 Å². The fourth-order valence-electron chi connectivity index (χ4n) is 4.46. The van der Waals surface area contributed by atoms with Gasteiger partial charge in [0.05, 0.1) is 13.2 Å². The first-order chi connectivity index (χ1) is 14.7. The molecule has 2 aromatic carbocycles. The van der Waals surface area contributed by atoms with Crippen molar-refractivity contribution in [3.63, 3.8) is 0 Å². The van der Waals surface area contributed by atoms with Crippen LogP contribution in [0.2, 0.25) is 0 Å². The number of likely N-dealkylation sites (tertiary alicyclic amines) is 1. The Kier molecular flexibility index (Phi) is 6.33. The number of rotatable bonds is 7. The number of carbonyl (C=O) groups excluding carboxylic acids is 2. The molecule has 0 aromatic heterocycles. The molecule has 1 atom stereocenters. The van der Waals surface area contributed by atoms with Crippen molar-refractivity contribution < 1.29 is 14.3 Å². The molecule has 2 aromatic rings. The molecule has 0 radical (unpaired) electrons. The number of hydrogen-bond acceptors (Lipinski definition) is 4. The predicted molar refractivity (Wildman–Crippen MR) is 117 cm³/mol. The van der Waals surface area contributed by atoms with Gasteiger partial charge in [0.15, 0.2) is 0 Å². The Bertz CT molecular complexity index is 908. The minimum atomic E-state index is -0.123. The minimum absolute atomic E-state index is 0.0657. The lowest BCUT2D eigenvalue weighted by Crippen LogP contribution is -2.37. The van der Waals surface area contributed by atoms with Crippen molar-refractivity contribution in [3.8, 4) is 5.75 Å². The van der Waals surface area contributed by atoms with Crippen LogP contribution in [0.3, 0.4) is 0 Å². The van der Waals surface area contributed by atoms with Gasteiger partial charge < -0.3 is 15.0 Å². The van der Waals surface area contributed by atoms with E-state index in [4.69, 9.17) is 4.74 Å². The van der Waals surface area contributed by atoms with Crippen LogP contribution in [0.1, 0.15) is 47.6 Å². The Morgan fingerprint density at radius 3 is 2.60 bits per heavy atom. The van der Waals surface area contributed by atoms with Gasteiger partial charge in [-0.2, -0.15) is 0 Å². The Hall–Kier alpha value is -2.86. The van der Waals surface area contributed by atoms with E-state index in [1.54, 1.807) is 18.1 Å². The SMILES string of the molecule is COc1ccccc1[C@H](CNC(=O)c1cccc(N2CCCC2=O)c1)N1CCCC1. The molecule has 0 spiro atoms. The fourth-order valence-corrected chi connectivity index (χ4v) is 4.46. The van der Waals surface area contributed by atoms with Gasteiger partial charge in [-0.1, -0.05) is 24.3 Å². The summed E-state index contributed by atoms with van der Waals surface area (Å²) in [4.78, 5) is 29.2. The number of para-hydroxylation sites is 1. The van der Waals surface area contributed by atoms with Gasteiger partial charge in [0.1, 0.15) is 5.75 Å². The summed E-state index contributed by atoms with van der Waals surface area (Å²) in [6.45, 7) is 3.26. The zero-order valence-electron chi connectivity index (χ0n) is 17.5. The van der Waals surface area contributed by atoms with E-state index in [1.165, 1.54) is 12.8 Å². The maximum atomic E-state index is 12.9. The van der Waals surface area contributed by atoms with Crippen molar-refractivity contribution in [3.05, 3.63) is 59.7 Å². The number of hydrogen-bond donors (Lipinski definition) is 1. The molecule has 6 heteroatoms. The third-order valence-corrected chi connectivity index (χ3v) is 6.03. The molecule has 2 fully saturated rings. The van der Waals surface area contributed by atoms with E-state index in [0.29, 0.717) is 18.5 Å². The van der Waals surface area contributed by atoms with Crippen molar-refractivity contribution in [1.82, 2.24) is 10.2 Å². The first-order valence-corrected chi connectivity index (χ1v) is 10.7. The quantitative estimate of drug-likeness (QED) is 0.764. The summed E-state index contributed by atoms with van der Waals surface area (Å²) in [6, 6.07) is 15.4. The van der Waals surface area contributed by atoms with Gasteiger partial charge in [-0.3, -0.25) is 14.5 Å². The number of anilines is 1. The summed E-state index contributed by atoms with van der Waals surface area (Å²) >= 11 is 0. The lowest BCUT2D eigenvalue weighted by Gasteiger charge is -2.29. The van der Waals surface area contributed by atoms with Gasteiger partial charge >= 0.3 is 0 Å². The van der Waals surface area contributed by atoms with Gasteiger partial charge in [-0.05, 0) is 56.6 Å². The van der Waals surface area contributed by atoms with Gasteiger partial charge in [0, 0.05) is 36.3 Å². The topological polar surface area (TPSA) is 61.9 Å². The molecule has 158 valence electrons. The number of nitrogens with one attached hydrogen (secondary N) is 1. The largest absolute Gasteiger partial charge is 0.496 e. The van der Waals surface area contributed by atoms with Crippen LogP contribution < -0.4 is 15.0 Å². The molecule has 2 aliphatic rings. The summed E-state index contributed by atoms with van der Waals surface area (Å²) in [5.74, 6) is 0.846. The van der Waals surface area contributed by atoms with Gasteiger partial charge in [-0.25, -0.2) is 0 Å². The molecular weight excluding hydrogens is 378 g/mol. The van der Waals surface area contributed by atoms with E-state index in [1.807, 2.05) is 36.4 Å². The smallest absolute Gasteiger partial charge is 0.251 e. The highest BCUT2D eigenvalue weighted by Crippen LogP contribution is 2.31. The number of amides is 2. The number of carbonyl (C=O) groups is 2. The van der Waals surface area contributed by atoms with Gasteiger partial charge in [0.2, 0.25) is 5.91 Å². The molecule has 0 unspecified atom stereocenters. The summed E-state index contributed by atoms with van der Waals surface area (Å²) in [7, 11) is 1.68. The molecule has 1 N–H and O–H groups in total. The number of methoxy groups -OCH3 is 1. The van der Waals surface area contributed by atoms with E-state index < -0.39 is 0 Å². The molecule has 0 aliphatic carbocycles. The first kappa shape index (κ1) is 20.4. The maximum absolute atomic E-state index is 12.9. The molecule has 0 saturated carbocycles. The minimum Gasteiger partial charge on any atom is -0.496 e. The molecule has 2 heterocycles. The third kappa shape index (κ3) is 4.33. The van der Waals surface area contributed by atoms with Crippen LogP contribution in [-0.2, 0) is 4.79 Å². The molecule has 4 rings (SSSR count). The van der Waals surface area contributed by atoms with Gasteiger partial charge in [-0.15, -0.1) is 0 Å². The fraction of sp³-hybridized carbons (Fsp3) is 0.417. The molecule has 30 heavy (non-hydrogen) atoms. The highest BCUT2D eigenvalue weighted by molar-refractivity contribution is 5.99. The normalized spacial score (nSPS) is 17.9. The highest BCUT2D eigenvalue weighted by Gasteiger charge is 2.27. The Labute approximate surface area is 177 Å². The maximum Gasteiger partial charge on any atom is 0.251 e. The number of nitrogens with zero attached hydrogens (tertiary/aromatic N) is 2. The van der Waals surface area contributed by atoms with Crippen molar-refractivity contribution in [2.45, 2.75) is 31.7 Å².